The van der Waals surface area contributed by atoms with Gasteiger partial charge < -0.3 is 0 Å². The van der Waals surface area contributed by atoms with E-state index in [1.54, 1.807) is 18.2 Å². The van der Waals surface area contributed by atoms with Gasteiger partial charge in [0.25, 0.3) is 10.0 Å². The predicted molar refractivity (Wildman–Crippen MR) is 49.0 cm³/mol. The smallest absolute Gasteiger partial charge is 0.198 e. The van der Waals surface area contributed by atoms with E-state index in [1.807, 2.05) is 0 Å². The summed E-state index contributed by atoms with van der Waals surface area (Å²) < 4.78 is 24.2. The van der Waals surface area contributed by atoms with Crippen molar-refractivity contribution in [1.82, 2.24) is 14.4 Å². The summed E-state index contributed by atoms with van der Waals surface area (Å²) in [6.45, 7) is 0. The van der Waals surface area contributed by atoms with E-state index in [2.05, 4.69) is 10.2 Å². The van der Waals surface area contributed by atoms with E-state index >= 15 is 0 Å². The number of benzene rings is 1. The lowest BCUT2D eigenvalue weighted by Crippen LogP contribution is -2.15. The molecule has 0 saturated heterocycles. The highest BCUT2D eigenvalue weighted by Gasteiger charge is 2.16. The van der Waals surface area contributed by atoms with Crippen molar-refractivity contribution in [2.45, 2.75) is 4.90 Å². The molecule has 0 N–H and O–H groups in total. The molecule has 0 aliphatic rings. The minimum atomic E-state index is -3.60. The number of aromatic nitrogens is 3. The van der Waals surface area contributed by atoms with Crippen molar-refractivity contribution in [2.75, 3.05) is 0 Å². The molecule has 1 heterocycles. The standard InChI is InChI=1S/C8H7N3O2S/c12-14(13,11-9-6-7-10-11)8-4-2-1-3-5-8/h1-7H. The summed E-state index contributed by atoms with van der Waals surface area (Å²) >= 11 is 0. The van der Waals surface area contributed by atoms with Gasteiger partial charge in [-0.25, -0.2) is 0 Å². The van der Waals surface area contributed by atoms with Crippen LogP contribution in [0, 0.1) is 0 Å². The predicted octanol–water partition coefficient (Wildman–Crippen LogP) is 0.515. The second-order valence-corrected chi connectivity index (χ2v) is 4.32. The Kier molecular flexibility index (Phi) is 2.05. The van der Waals surface area contributed by atoms with Crippen molar-refractivity contribution in [2.24, 2.45) is 0 Å². The quantitative estimate of drug-likeness (QED) is 0.723. The maximum atomic E-state index is 11.7. The van der Waals surface area contributed by atoms with Crippen LogP contribution in [0.1, 0.15) is 0 Å². The summed E-state index contributed by atoms with van der Waals surface area (Å²) in [5, 5.41) is 7.16. The fourth-order valence-corrected chi connectivity index (χ4v) is 2.06. The maximum Gasteiger partial charge on any atom is 0.299 e. The minimum Gasteiger partial charge on any atom is -0.198 e. The van der Waals surface area contributed by atoms with Crippen molar-refractivity contribution >= 4 is 10.0 Å². The fourth-order valence-electron chi connectivity index (χ4n) is 1.01. The highest BCUT2D eigenvalue weighted by Crippen LogP contribution is 2.09. The van der Waals surface area contributed by atoms with E-state index in [1.165, 1.54) is 24.5 Å². The summed E-state index contributed by atoms with van der Waals surface area (Å²) in [5.41, 5.74) is 0. The van der Waals surface area contributed by atoms with Crippen LogP contribution >= 0.6 is 0 Å². The number of hydrogen-bond acceptors (Lipinski definition) is 4. The fraction of sp³-hybridized carbons (Fsp3) is 0. The van der Waals surface area contributed by atoms with E-state index in [-0.39, 0.29) is 4.90 Å². The normalized spacial score (nSPS) is 11.4. The molecule has 0 unspecified atom stereocenters. The van der Waals surface area contributed by atoms with Gasteiger partial charge in [-0.15, -0.1) is 10.2 Å². The van der Waals surface area contributed by atoms with Crippen LogP contribution in [-0.2, 0) is 10.0 Å². The SMILES string of the molecule is O=S(=O)(c1ccccc1)n1nccn1. The molecule has 1 aromatic carbocycles. The van der Waals surface area contributed by atoms with Crippen LogP contribution in [0.2, 0.25) is 0 Å². The van der Waals surface area contributed by atoms with Crippen LogP contribution in [0.15, 0.2) is 47.6 Å². The molecule has 0 atom stereocenters. The van der Waals surface area contributed by atoms with Crippen LogP contribution in [0.3, 0.4) is 0 Å². The monoisotopic (exact) mass is 209 g/mol. The third-order valence-corrected chi connectivity index (χ3v) is 3.14. The van der Waals surface area contributed by atoms with Gasteiger partial charge in [-0.05, 0) is 12.1 Å². The summed E-state index contributed by atoms with van der Waals surface area (Å²) in [6, 6.07) is 8.04. The minimum absolute atomic E-state index is 0.177. The Bertz CT molecular complexity index is 505. The van der Waals surface area contributed by atoms with Gasteiger partial charge >= 0.3 is 0 Å². The first-order valence-electron chi connectivity index (χ1n) is 3.88. The molecule has 14 heavy (non-hydrogen) atoms. The lowest BCUT2D eigenvalue weighted by molar-refractivity contribution is 0.569. The Morgan fingerprint density at radius 2 is 1.57 bits per heavy atom. The van der Waals surface area contributed by atoms with E-state index in [9.17, 15) is 8.42 Å². The molecule has 0 amide bonds. The molecule has 0 bridgehead atoms. The Balaban J connectivity index is 2.55. The van der Waals surface area contributed by atoms with E-state index in [0.717, 1.165) is 0 Å². The first kappa shape index (κ1) is 8.89. The average molecular weight is 209 g/mol. The van der Waals surface area contributed by atoms with Crippen LogP contribution in [0.4, 0.5) is 0 Å². The van der Waals surface area contributed by atoms with Crippen LogP contribution in [0.5, 0.6) is 0 Å². The Labute approximate surface area is 81.0 Å². The van der Waals surface area contributed by atoms with Gasteiger partial charge in [0, 0.05) is 0 Å². The average Bonchev–Trinajstić information content (AvgIpc) is 2.72. The number of nitrogens with zero attached hydrogens (tertiary/aromatic N) is 3. The van der Waals surface area contributed by atoms with Crippen LogP contribution < -0.4 is 0 Å². The molecular formula is C8H7N3O2S. The zero-order valence-corrected chi connectivity index (χ0v) is 7.92. The highest BCUT2D eigenvalue weighted by atomic mass is 32.2. The molecule has 2 aromatic rings. The molecule has 6 heteroatoms. The molecule has 2 rings (SSSR count). The third kappa shape index (κ3) is 1.39. The Hall–Kier alpha value is -1.69. The molecule has 0 spiro atoms. The van der Waals surface area contributed by atoms with E-state index in [4.69, 9.17) is 0 Å². The van der Waals surface area contributed by atoms with Crippen molar-refractivity contribution in [3.63, 3.8) is 0 Å². The molecule has 5 nitrogen and oxygen atoms in total. The number of rotatable bonds is 2. The molecule has 0 aliphatic heterocycles. The Morgan fingerprint density at radius 1 is 1.00 bits per heavy atom. The van der Waals surface area contributed by atoms with Gasteiger partial charge in [0.05, 0.1) is 17.3 Å². The summed E-state index contributed by atoms with van der Waals surface area (Å²) in [6.07, 6.45) is 2.64. The lowest BCUT2D eigenvalue weighted by atomic mass is 10.4. The first-order chi connectivity index (χ1) is 6.71. The van der Waals surface area contributed by atoms with Gasteiger partial charge in [0.15, 0.2) is 0 Å². The van der Waals surface area contributed by atoms with Gasteiger partial charge in [0.2, 0.25) is 0 Å². The van der Waals surface area contributed by atoms with Crippen molar-refractivity contribution in [1.29, 1.82) is 0 Å². The van der Waals surface area contributed by atoms with Crippen LogP contribution in [-0.4, -0.2) is 22.8 Å². The second kappa shape index (κ2) is 3.22. The molecule has 0 aliphatic carbocycles. The Morgan fingerprint density at radius 3 is 2.14 bits per heavy atom. The summed E-state index contributed by atoms with van der Waals surface area (Å²) in [7, 11) is -3.60. The molecule has 0 fully saturated rings. The zero-order valence-electron chi connectivity index (χ0n) is 7.11. The zero-order chi connectivity index (χ0) is 10.0. The van der Waals surface area contributed by atoms with Gasteiger partial charge in [-0.3, -0.25) is 0 Å². The van der Waals surface area contributed by atoms with E-state index < -0.39 is 10.0 Å². The molecule has 72 valence electrons. The van der Waals surface area contributed by atoms with Crippen LogP contribution in [0.25, 0.3) is 0 Å². The van der Waals surface area contributed by atoms with Gasteiger partial charge in [-0.1, -0.05) is 22.4 Å². The number of hydrogen-bond donors (Lipinski definition) is 0. The molecule has 1 aromatic heterocycles. The van der Waals surface area contributed by atoms with Crippen molar-refractivity contribution < 1.29 is 8.42 Å². The highest BCUT2D eigenvalue weighted by molar-refractivity contribution is 7.89. The molecular weight excluding hydrogens is 202 g/mol. The summed E-state index contributed by atoms with van der Waals surface area (Å²) in [5.74, 6) is 0. The third-order valence-electron chi connectivity index (χ3n) is 1.65. The maximum absolute atomic E-state index is 11.7. The summed E-state index contributed by atoms with van der Waals surface area (Å²) in [4.78, 5) is 0.177. The van der Waals surface area contributed by atoms with Gasteiger partial charge in [-0.2, -0.15) is 8.42 Å². The first-order valence-corrected chi connectivity index (χ1v) is 5.32. The van der Waals surface area contributed by atoms with Crippen molar-refractivity contribution in [3.8, 4) is 0 Å². The molecule has 0 saturated carbocycles. The lowest BCUT2D eigenvalue weighted by Gasteiger charge is -2.00. The van der Waals surface area contributed by atoms with Crippen molar-refractivity contribution in [3.05, 3.63) is 42.7 Å². The largest absolute Gasteiger partial charge is 0.299 e. The van der Waals surface area contributed by atoms with E-state index in [0.29, 0.717) is 4.20 Å². The second-order valence-electron chi connectivity index (χ2n) is 2.57. The molecule has 0 radical (unpaired) electrons. The topological polar surface area (TPSA) is 64.8 Å². The van der Waals surface area contributed by atoms with Gasteiger partial charge in [0.1, 0.15) is 0 Å².